The van der Waals surface area contributed by atoms with Crippen molar-refractivity contribution in [3.8, 4) is 0 Å². The first-order chi connectivity index (χ1) is 18.2. The molecule has 0 aliphatic heterocycles. The quantitative estimate of drug-likeness (QED) is 0.209. The van der Waals surface area contributed by atoms with Crippen LogP contribution in [0.15, 0.2) is 73.8 Å². The van der Waals surface area contributed by atoms with E-state index in [0.717, 1.165) is 23.4 Å². The Bertz CT molecular complexity index is 2080. The maximum Gasteiger partial charge on any atom is 0.233 e. The summed E-state index contributed by atoms with van der Waals surface area (Å²) < 4.78 is 0. The molecule has 5 rings (SSSR count). The predicted molar refractivity (Wildman–Crippen MR) is 148 cm³/mol. The number of hydrogen-bond donors (Lipinski definition) is 4. The van der Waals surface area contributed by atoms with Gasteiger partial charge in [0.05, 0.1) is 33.8 Å². The number of hydrazine groups is 1. The van der Waals surface area contributed by atoms with Gasteiger partial charge in [-0.1, -0.05) is 29.8 Å². The smallest absolute Gasteiger partial charge is 0.233 e. The number of nitrogens with zero attached hydrogens (tertiary/aromatic N) is 2. The van der Waals surface area contributed by atoms with Gasteiger partial charge in [0.15, 0.2) is 22.1 Å². The maximum absolute atomic E-state index is 13.4. The molecule has 0 unspecified atom stereocenters. The minimum absolute atomic E-state index is 0.00371. The Morgan fingerprint density at radius 2 is 1.50 bits per heavy atom. The SMILES string of the molecule is [C-]#[N+]c1c(N)nc(Nc2ccc(C)cc2)c(NNc2cccc3c(=O)c4c(=O)ccc(=O)c=4c(=O)c23)c1C. The molecule has 186 valence electrons. The average Bonchev–Trinajstić information content (AvgIpc) is 2.89. The third-order valence-corrected chi connectivity index (χ3v) is 6.31. The molecule has 38 heavy (non-hydrogen) atoms. The number of nitrogens with one attached hydrogen (secondary N) is 3. The number of fused-ring (bicyclic) bond motifs is 1. The molecule has 0 bridgehead atoms. The Morgan fingerprint density at radius 3 is 2.16 bits per heavy atom. The third-order valence-electron chi connectivity index (χ3n) is 6.31. The molecule has 2 aliphatic rings. The van der Waals surface area contributed by atoms with E-state index in [1.165, 1.54) is 6.07 Å². The molecule has 0 saturated carbocycles. The number of pyridine rings is 1. The first kappa shape index (κ1) is 24.1. The summed E-state index contributed by atoms with van der Waals surface area (Å²) in [5.41, 5.74) is 12.2. The van der Waals surface area contributed by atoms with Crippen molar-refractivity contribution in [3.63, 3.8) is 0 Å². The lowest BCUT2D eigenvalue weighted by molar-refractivity contribution is 1.26. The highest BCUT2D eigenvalue weighted by atomic mass is 16.1. The molecule has 2 aromatic carbocycles. The summed E-state index contributed by atoms with van der Waals surface area (Å²) in [4.78, 5) is 59.1. The van der Waals surface area contributed by atoms with Gasteiger partial charge >= 0.3 is 0 Å². The summed E-state index contributed by atoms with van der Waals surface area (Å²) in [5.74, 6) is 0.364. The Morgan fingerprint density at radius 1 is 0.842 bits per heavy atom. The second kappa shape index (κ2) is 9.15. The van der Waals surface area contributed by atoms with Crippen LogP contribution in [0.5, 0.6) is 0 Å². The zero-order valence-electron chi connectivity index (χ0n) is 20.3. The van der Waals surface area contributed by atoms with Crippen LogP contribution >= 0.6 is 0 Å². The molecule has 5 N–H and O–H groups in total. The first-order valence-electron chi connectivity index (χ1n) is 11.5. The van der Waals surface area contributed by atoms with Crippen molar-refractivity contribution in [3.05, 3.63) is 128 Å². The van der Waals surface area contributed by atoms with E-state index in [2.05, 4.69) is 26.0 Å². The number of nitrogens with two attached hydrogens (primary N) is 1. The molecule has 0 atom stereocenters. The van der Waals surface area contributed by atoms with E-state index in [-0.39, 0.29) is 28.0 Å². The van der Waals surface area contributed by atoms with Crippen LogP contribution in [-0.2, 0) is 0 Å². The highest BCUT2D eigenvalue weighted by Crippen LogP contribution is 2.37. The Balaban J connectivity index is 1.66. The average molecular weight is 505 g/mol. The molecule has 0 radical (unpaired) electrons. The lowest BCUT2D eigenvalue weighted by Gasteiger charge is -2.19. The highest BCUT2D eigenvalue weighted by Gasteiger charge is 2.18. The van der Waals surface area contributed by atoms with E-state index in [4.69, 9.17) is 12.3 Å². The van der Waals surface area contributed by atoms with Crippen molar-refractivity contribution in [2.24, 2.45) is 0 Å². The highest BCUT2D eigenvalue weighted by molar-refractivity contribution is 5.95. The lowest BCUT2D eigenvalue weighted by Crippen LogP contribution is -2.28. The van der Waals surface area contributed by atoms with E-state index >= 15 is 0 Å². The third kappa shape index (κ3) is 3.88. The Hall–Kier alpha value is -5.56. The largest absolute Gasteiger partial charge is 0.392 e. The van der Waals surface area contributed by atoms with Crippen LogP contribution in [0.3, 0.4) is 0 Å². The van der Waals surface area contributed by atoms with Crippen molar-refractivity contribution in [1.82, 2.24) is 4.98 Å². The van der Waals surface area contributed by atoms with Crippen molar-refractivity contribution in [2.45, 2.75) is 13.8 Å². The van der Waals surface area contributed by atoms with E-state index in [1.54, 1.807) is 19.1 Å². The van der Waals surface area contributed by atoms with E-state index in [1.807, 2.05) is 31.2 Å². The second-order valence-corrected chi connectivity index (χ2v) is 8.75. The fraction of sp³-hybridized carbons (Fsp3) is 0.0714. The number of hydrogen-bond acceptors (Lipinski definition) is 9. The van der Waals surface area contributed by atoms with Crippen LogP contribution in [0.1, 0.15) is 11.1 Å². The number of rotatable bonds is 5. The molecular formula is C28H20N6O4. The van der Waals surface area contributed by atoms with Crippen molar-refractivity contribution < 1.29 is 0 Å². The predicted octanol–water partition coefficient (Wildman–Crippen LogP) is 3.21. The number of nitrogen functional groups attached to an aromatic ring is 1. The van der Waals surface area contributed by atoms with E-state index in [0.29, 0.717) is 17.1 Å². The molecule has 10 heteroatoms. The van der Waals surface area contributed by atoms with Crippen LogP contribution < -0.4 is 43.6 Å². The Labute approximate surface area is 214 Å². The summed E-state index contributed by atoms with van der Waals surface area (Å²) in [5, 5.41) is 2.29. The van der Waals surface area contributed by atoms with Gasteiger partial charge in [-0.2, -0.15) is 0 Å². The first-order valence-corrected chi connectivity index (χ1v) is 11.5. The number of benzene rings is 2. The van der Waals surface area contributed by atoms with Crippen molar-refractivity contribution in [2.75, 3.05) is 21.9 Å². The van der Waals surface area contributed by atoms with Gasteiger partial charge in [0, 0.05) is 11.1 Å². The van der Waals surface area contributed by atoms with Gasteiger partial charge in [-0.15, -0.1) is 0 Å². The van der Waals surface area contributed by atoms with E-state index in [9.17, 15) is 19.2 Å². The molecule has 0 saturated heterocycles. The van der Waals surface area contributed by atoms with E-state index < -0.39 is 32.2 Å². The van der Waals surface area contributed by atoms with Gasteiger partial charge in [0.1, 0.15) is 5.82 Å². The van der Waals surface area contributed by atoms with Crippen LogP contribution in [0.4, 0.5) is 34.4 Å². The van der Waals surface area contributed by atoms with Crippen molar-refractivity contribution >= 4 is 45.2 Å². The lowest BCUT2D eigenvalue weighted by atomic mass is 10.0. The fourth-order valence-electron chi connectivity index (χ4n) is 4.37. The molecular weight excluding hydrogens is 484 g/mol. The minimum atomic E-state index is -0.728. The molecule has 0 amide bonds. The van der Waals surface area contributed by atoms with Gasteiger partial charge < -0.3 is 16.5 Å². The standard InChI is InChI=1S/C28H20N6O4/c1-13-7-9-15(10-8-13)31-28-24(14(2)23(30-3)27(29)32-28)34-33-17-6-4-5-16-20(17)26(38)22-19(36)12-11-18(35)21(22)25(16)37/h4-12,33-34H,1-2H3,(H3,29,31,32). The monoisotopic (exact) mass is 504 g/mol. The Kier molecular flexibility index (Phi) is 5.81. The number of aryl methyl sites for hydroxylation is 1. The molecule has 1 aromatic heterocycles. The summed E-state index contributed by atoms with van der Waals surface area (Å²) in [6, 6.07) is 14.1. The van der Waals surface area contributed by atoms with Crippen LogP contribution in [0, 0.1) is 30.9 Å². The van der Waals surface area contributed by atoms with Gasteiger partial charge in [-0.05, 0) is 49.7 Å². The van der Waals surface area contributed by atoms with Crippen molar-refractivity contribution in [1.29, 1.82) is 0 Å². The molecule has 10 nitrogen and oxygen atoms in total. The van der Waals surface area contributed by atoms with Crippen LogP contribution in [0.25, 0.3) is 15.6 Å². The topological polar surface area (TPSA) is 148 Å². The van der Waals surface area contributed by atoms with Gasteiger partial charge in [0.2, 0.25) is 11.1 Å². The summed E-state index contributed by atoms with van der Waals surface area (Å²) in [6.07, 6.45) is 0. The summed E-state index contributed by atoms with van der Waals surface area (Å²) in [7, 11) is 0. The van der Waals surface area contributed by atoms with Gasteiger partial charge in [-0.25, -0.2) is 9.83 Å². The maximum atomic E-state index is 13.4. The van der Waals surface area contributed by atoms with Crippen LogP contribution in [-0.4, -0.2) is 4.98 Å². The molecule has 0 fully saturated rings. The summed E-state index contributed by atoms with van der Waals surface area (Å²) >= 11 is 0. The molecule has 3 aromatic rings. The number of anilines is 5. The minimum Gasteiger partial charge on any atom is -0.392 e. The number of aromatic nitrogens is 1. The van der Waals surface area contributed by atoms with Gasteiger partial charge in [-0.3, -0.25) is 24.6 Å². The van der Waals surface area contributed by atoms with Crippen LogP contribution in [0.2, 0.25) is 0 Å². The molecule has 0 spiro atoms. The normalized spacial score (nSPS) is 10.9. The zero-order valence-corrected chi connectivity index (χ0v) is 20.3. The van der Waals surface area contributed by atoms with Gasteiger partial charge in [0.25, 0.3) is 0 Å². The fourth-order valence-corrected chi connectivity index (χ4v) is 4.37. The molecule has 1 heterocycles. The zero-order chi connectivity index (χ0) is 27.1. The molecule has 2 aliphatic carbocycles. The summed E-state index contributed by atoms with van der Waals surface area (Å²) in [6.45, 7) is 11.2. The second-order valence-electron chi connectivity index (χ2n) is 8.75.